The molecule has 1 aliphatic rings. The molecule has 2 N–H and O–H groups in total. The quantitative estimate of drug-likeness (QED) is 0.798. The van der Waals surface area contributed by atoms with Crippen molar-refractivity contribution >= 4 is 17.2 Å². The van der Waals surface area contributed by atoms with Gasteiger partial charge in [-0.15, -0.1) is 11.3 Å². The van der Waals surface area contributed by atoms with Gasteiger partial charge in [0, 0.05) is 13.0 Å². The Hall–Kier alpha value is -1.31. The number of hydrogen-bond acceptors (Lipinski definition) is 3. The Morgan fingerprint density at radius 3 is 3.06 bits per heavy atom. The molecule has 1 aromatic rings. The Kier molecular flexibility index (Phi) is 4.80. The number of amides is 1. The van der Waals surface area contributed by atoms with Crippen LogP contribution in [0, 0.1) is 17.8 Å². The summed E-state index contributed by atoms with van der Waals surface area (Å²) in [4.78, 5) is 13.4. The fraction of sp³-hybridized carbons (Fsp3) is 0.500. The maximum atomic E-state index is 11.8. The van der Waals surface area contributed by atoms with Gasteiger partial charge in [0.2, 0.25) is 0 Å². The van der Waals surface area contributed by atoms with E-state index in [0.717, 1.165) is 23.8 Å². The Labute approximate surface area is 111 Å². The van der Waals surface area contributed by atoms with Crippen LogP contribution in [0.2, 0.25) is 0 Å². The van der Waals surface area contributed by atoms with Gasteiger partial charge in [0.05, 0.1) is 16.4 Å². The molecule has 1 aromatic heterocycles. The molecule has 4 heteroatoms. The zero-order valence-electron chi connectivity index (χ0n) is 10.2. The molecular formula is C14H17NO2S. The summed E-state index contributed by atoms with van der Waals surface area (Å²) < 4.78 is 0. The third-order valence-electron chi connectivity index (χ3n) is 2.81. The predicted octanol–water partition coefficient (Wildman–Crippen LogP) is 2.01. The van der Waals surface area contributed by atoms with E-state index in [-0.39, 0.29) is 12.5 Å². The zero-order valence-corrected chi connectivity index (χ0v) is 11.1. The van der Waals surface area contributed by atoms with Crippen LogP contribution in [0.3, 0.4) is 0 Å². The maximum absolute atomic E-state index is 11.8. The number of carbonyl (C=O) groups is 1. The lowest BCUT2D eigenvalue weighted by molar-refractivity contribution is 0.0956. The molecule has 1 aliphatic carbocycles. The van der Waals surface area contributed by atoms with Gasteiger partial charge in [-0.05, 0) is 24.5 Å². The molecule has 0 unspecified atom stereocenters. The van der Waals surface area contributed by atoms with E-state index >= 15 is 0 Å². The molecule has 0 bridgehead atoms. The summed E-state index contributed by atoms with van der Waals surface area (Å²) in [5.74, 6) is 6.62. The highest BCUT2D eigenvalue weighted by Crippen LogP contribution is 2.31. The molecule has 2 rings (SSSR count). The summed E-state index contributed by atoms with van der Waals surface area (Å²) in [5, 5.41) is 11.6. The molecule has 0 radical (unpaired) electrons. The minimum Gasteiger partial charge on any atom is -0.395 e. The standard InChI is InChI=1S/C14H17NO2S/c16-10-2-1-3-12-6-7-13(18-12)14(17)15-9-8-11-4-5-11/h6-7,11,16H,2,4-5,8-10H2,(H,15,17). The molecule has 18 heavy (non-hydrogen) atoms. The van der Waals surface area contributed by atoms with Crippen LogP contribution < -0.4 is 5.32 Å². The van der Waals surface area contributed by atoms with Gasteiger partial charge in [-0.1, -0.05) is 24.7 Å². The molecule has 0 aliphatic heterocycles. The van der Waals surface area contributed by atoms with Crippen molar-refractivity contribution in [2.75, 3.05) is 13.2 Å². The second-order valence-corrected chi connectivity index (χ2v) is 5.51. The molecule has 1 amide bonds. The van der Waals surface area contributed by atoms with E-state index in [1.807, 2.05) is 6.07 Å². The smallest absolute Gasteiger partial charge is 0.261 e. The van der Waals surface area contributed by atoms with Gasteiger partial charge in [-0.2, -0.15) is 0 Å². The van der Waals surface area contributed by atoms with Gasteiger partial charge in [0.1, 0.15) is 0 Å². The minimum absolute atomic E-state index is 0.00384. The Balaban J connectivity index is 1.80. The topological polar surface area (TPSA) is 49.3 Å². The predicted molar refractivity (Wildman–Crippen MR) is 72.6 cm³/mol. The summed E-state index contributed by atoms with van der Waals surface area (Å²) in [7, 11) is 0. The van der Waals surface area contributed by atoms with Crippen LogP contribution in [0.15, 0.2) is 12.1 Å². The molecular weight excluding hydrogens is 246 g/mol. The van der Waals surface area contributed by atoms with E-state index in [0.29, 0.717) is 11.3 Å². The van der Waals surface area contributed by atoms with Gasteiger partial charge < -0.3 is 10.4 Å². The number of thiophene rings is 1. The first kappa shape index (κ1) is 13.1. The average molecular weight is 263 g/mol. The lowest BCUT2D eigenvalue weighted by Crippen LogP contribution is -2.23. The largest absolute Gasteiger partial charge is 0.395 e. The Morgan fingerprint density at radius 1 is 1.50 bits per heavy atom. The number of hydrogen-bond donors (Lipinski definition) is 2. The fourth-order valence-electron chi connectivity index (χ4n) is 1.62. The van der Waals surface area contributed by atoms with E-state index in [2.05, 4.69) is 17.2 Å². The molecule has 0 aromatic carbocycles. The van der Waals surface area contributed by atoms with Gasteiger partial charge >= 0.3 is 0 Å². The van der Waals surface area contributed by atoms with E-state index < -0.39 is 0 Å². The van der Waals surface area contributed by atoms with E-state index in [9.17, 15) is 4.79 Å². The number of aliphatic hydroxyl groups is 1. The summed E-state index contributed by atoms with van der Waals surface area (Å²) in [5.41, 5.74) is 0. The van der Waals surface area contributed by atoms with Crippen molar-refractivity contribution in [3.63, 3.8) is 0 Å². The monoisotopic (exact) mass is 263 g/mol. The van der Waals surface area contributed by atoms with Crippen LogP contribution in [0.1, 0.15) is 40.2 Å². The SMILES string of the molecule is O=C(NCCC1CC1)c1ccc(C#CCCO)s1. The van der Waals surface area contributed by atoms with Gasteiger partial charge in [0.15, 0.2) is 0 Å². The van der Waals surface area contributed by atoms with Crippen molar-refractivity contribution in [1.82, 2.24) is 5.32 Å². The Bertz CT molecular complexity index is 466. The van der Waals surface area contributed by atoms with Crippen LogP contribution in [-0.2, 0) is 0 Å². The average Bonchev–Trinajstić information content (AvgIpc) is 3.06. The number of rotatable bonds is 5. The zero-order chi connectivity index (χ0) is 12.8. The fourth-order valence-corrected chi connectivity index (χ4v) is 2.41. The molecule has 1 fully saturated rings. The van der Waals surface area contributed by atoms with Crippen LogP contribution in [0.25, 0.3) is 0 Å². The summed E-state index contributed by atoms with van der Waals surface area (Å²) in [6.45, 7) is 0.847. The van der Waals surface area contributed by atoms with Crippen LogP contribution >= 0.6 is 11.3 Å². The number of nitrogens with one attached hydrogen (secondary N) is 1. The van der Waals surface area contributed by atoms with E-state index in [4.69, 9.17) is 5.11 Å². The molecule has 0 spiro atoms. The van der Waals surface area contributed by atoms with Crippen molar-refractivity contribution in [3.05, 3.63) is 21.9 Å². The van der Waals surface area contributed by atoms with Crippen LogP contribution in [0.5, 0.6) is 0 Å². The molecule has 0 saturated heterocycles. The van der Waals surface area contributed by atoms with Crippen LogP contribution in [0.4, 0.5) is 0 Å². The normalized spacial score (nSPS) is 13.8. The second kappa shape index (κ2) is 6.58. The Morgan fingerprint density at radius 2 is 2.33 bits per heavy atom. The highest BCUT2D eigenvalue weighted by atomic mass is 32.1. The molecule has 96 valence electrons. The van der Waals surface area contributed by atoms with Crippen LogP contribution in [-0.4, -0.2) is 24.2 Å². The third kappa shape index (κ3) is 4.17. The minimum atomic E-state index is -0.00384. The maximum Gasteiger partial charge on any atom is 0.261 e. The first-order valence-electron chi connectivity index (χ1n) is 6.27. The third-order valence-corrected chi connectivity index (χ3v) is 3.81. The number of carbonyl (C=O) groups excluding carboxylic acids is 1. The first-order chi connectivity index (χ1) is 8.79. The second-order valence-electron chi connectivity index (χ2n) is 4.43. The van der Waals surface area contributed by atoms with Gasteiger partial charge in [-0.25, -0.2) is 0 Å². The highest BCUT2D eigenvalue weighted by molar-refractivity contribution is 7.14. The van der Waals surface area contributed by atoms with Crippen molar-refractivity contribution in [3.8, 4) is 11.8 Å². The summed E-state index contributed by atoms with van der Waals surface area (Å²) in [6.07, 6.45) is 4.21. The van der Waals surface area contributed by atoms with Crippen molar-refractivity contribution in [1.29, 1.82) is 0 Å². The van der Waals surface area contributed by atoms with E-state index in [1.54, 1.807) is 6.07 Å². The lowest BCUT2D eigenvalue weighted by atomic mass is 10.3. The van der Waals surface area contributed by atoms with E-state index in [1.165, 1.54) is 24.2 Å². The van der Waals surface area contributed by atoms with Crippen molar-refractivity contribution < 1.29 is 9.90 Å². The molecule has 1 saturated carbocycles. The van der Waals surface area contributed by atoms with Crippen molar-refractivity contribution in [2.24, 2.45) is 5.92 Å². The lowest BCUT2D eigenvalue weighted by Gasteiger charge is -2.01. The summed E-state index contributed by atoms with van der Waals surface area (Å²) in [6, 6.07) is 3.66. The first-order valence-corrected chi connectivity index (χ1v) is 7.09. The molecule has 0 atom stereocenters. The number of aliphatic hydroxyl groups excluding tert-OH is 1. The van der Waals surface area contributed by atoms with Crippen molar-refractivity contribution in [2.45, 2.75) is 25.7 Å². The molecule has 1 heterocycles. The highest BCUT2D eigenvalue weighted by Gasteiger charge is 2.20. The van der Waals surface area contributed by atoms with Gasteiger partial charge in [0.25, 0.3) is 5.91 Å². The van der Waals surface area contributed by atoms with Gasteiger partial charge in [-0.3, -0.25) is 4.79 Å². The molecule has 3 nitrogen and oxygen atoms in total. The summed E-state index contributed by atoms with van der Waals surface area (Å²) >= 11 is 1.40.